The summed E-state index contributed by atoms with van der Waals surface area (Å²) in [6, 6.07) is 0. The minimum atomic E-state index is -0.271. The molecular weight excluding hydrogens is 266 g/mol. The minimum absolute atomic E-state index is 0.181. The van der Waals surface area contributed by atoms with Crippen LogP contribution in [0.5, 0.6) is 0 Å². The van der Waals surface area contributed by atoms with Crippen molar-refractivity contribution in [1.29, 1.82) is 0 Å². The van der Waals surface area contributed by atoms with Crippen LogP contribution in [0.3, 0.4) is 0 Å². The molecule has 1 aliphatic carbocycles. The largest absolute Gasteiger partial charge is 0.347 e. The number of aryl methyl sites for hydroxylation is 1. The van der Waals surface area contributed by atoms with Crippen molar-refractivity contribution in [3.05, 3.63) is 17.5 Å². The van der Waals surface area contributed by atoms with E-state index in [2.05, 4.69) is 17.3 Å². The van der Waals surface area contributed by atoms with Gasteiger partial charge in [0.25, 0.3) is 0 Å². The topological polar surface area (TPSA) is 48.3 Å². The second-order valence-electron chi connectivity index (χ2n) is 6.39. The van der Waals surface area contributed by atoms with E-state index in [0.29, 0.717) is 0 Å². The summed E-state index contributed by atoms with van der Waals surface area (Å²) in [5.41, 5.74) is 2.46. The molecule has 3 rings (SSSR count). The zero-order valence-electron chi connectivity index (χ0n) is 13.2. The number of nitrogens with zero attached hydrogens (tertiary/aromatic N) is 2. The number of ether oxygens (including phenoxy) is 2. The first-order valence-electron chi connectivity index (χ1n) is 8.18. The Labute approximate surface area is 127 Å². The van der Waals surface area contributed by atoms with Crippen LogP contribution < -0.4 is 5.32 Å². The number of rotatable bonds is 4. The average Bonchev–Trinajstić information content (AvgIpc) is 2.91. The molecule has 0 bridgehead atoms. The van der Waals surface area contributed by atoms with E-state index in [4.69, 9.17) is 9.47 Å². The summed E-state index contributed by atoms with van der Waals surface area (Å²) >= 11 is 0. The van der Waals surface area contributed by atoms with Crippen LogP contribution in [0.15, 0.2) is 6.20 Å². The third-order valence-electron chi connectivity index (χ3n) is 4.80. The Balaban J connectivity index is 1.45. The molecule has 2 fully saturated rings. The zero-order valence-corrected chi connectivity index (χ0v) is 13.2. The molecule has 118 valence electrons. The van der Waals surface area contributed by atoms with Gasteiger partial charge in [0.1, 0.15) is 0 Å². The predicted molar refractivity (Wildman–Crippen MR) is 80.9 cm³/mol. The molecule has 1 aromatic rings. The van der Waals surface area contributed by atoms with Gasteiger partial charge in [-0.15, -0.1) is 0 Å². The summed E-state index contributed by atoms with van der Waals surface area (Å²) in [5.74, 6) is -0.271. The second kappa shape index (κ2) is 6.46. The molecule has 5 heteroatoms. The molecular formula is C16H27N3O2. The quantitative estimate of drug-likeness (QED) is 0.925. The van der Waals surface area contributed by atoms with E-state index >= 15 is 0 Å². The fourth-order valence-corrected chi connectivity index (χ4v) is 3.33. The maximum absolute atomic E-state index is 6.24. The summed E-state index contributed by atoms with van der Waals surface area (Å²) in [6.07, 6.45) is 9.33. The standard InChI is InChI=1S/C16H27N3O2/c1-13-14(10-18-19(13)2)9-17-11-15-12-20-16(21-15)7-5-3-4-6-8-16/h10,15,17H,3-9,11-12H2,1-2H3/t15-/m1/s1. The first kappa shape index (κ1) is 15.0. The molecule has 21 heavy (non-hydrogen) atoms. The van der Waals surface area contributed by atoms with Crippen LogP contribution in [0.2, 0.25) is 0 Å². The van der Waals surface area contributed by atoms with Crippen molar-refractivity contribution in [3.8, 4) is 0 Å². The lowest BCUT2D eigenvalue weighted by atomic mass is 10.1. The van der Waals surface area contributed by atoms with Gasteiger partial charge in [0.15, 0.2) is 5.79 Å². The number of hydrogen-bond acceptors (Lipinski definition) is 4. The lowest BCUT2D eigenvalue weighted by molar-refractivity contribution is -0.175. The molecule has 0 amide bonds. The van der Waals surface area contributed by atoms with E-state index in [-0.39, 0.29) is 11.9 Å². The smallest absolute Gasteiger partial charge is 0.168 e. The van der Waals surface area contributed by atoms with E-state index in [9.17, 15) is 0 Å². The van der Waals surface area contributed by atoms with E-state index in [1.165, 1.54) is 36.9 Å². The monoisotopic (exact) mass is 293 g/mol. The van der Waals surface area contributed by atoms with Gasteiger partial charge in [-0.1, -0.05) is 12.8 Å². The van der Waals surface area contributed by atoms with Crippen LogP contribution in [-0.4, -0.2) is 34.8 Å². The van der Waals surface area contributed by atoms with Crippen molar-refractivity contribution in [3.63, 3.8) is 0 Å². The van der Waals surface area contributed by atoms with Gasteiger partial charge in [-0.3, -0.25) is 4.68 Å². The Morgan fingerprint density at radius 1 is 1.33 bits per heavy atom. The highest BCUT2D eigenvalue weighted by Gasteiger charge is 2.41. The van der Waals surface area contributed by atoms with Crippen LogP contribution in [-0.2, 0) is 23.1 Å². The van der Waals surface area contributed by atoms with Crippen LogP contribution in [0.1, 0.15) is 49.8 Å². The highest BCUT2D eigenvalue weighted by molar-refractivity contribution is 5.15. The molecule has 1 saturated heterocycles. The minimum Gasteiger partial charge on any atom is -0.347 e. The molecule has 1 N–H and O–H groups in total. The van der Waals surface area contributed by atoms with Gasteiger partial charge in [0, 0.05) is 44.2 Å². The molecule has 0 aromatic carbocycles. The van der Waals surface area contributed by atoms with Gasteiger partial charge in [0.05, 0.1) is 18.9 Å². The molecule has 0 radical (unpaired) electrons. The summed E-state index contributed by atoms with van der Waals surface area (Å²) in [6.45, 7) is 4.50. The number of nitrogens with one attached hydrogen (secondary N) is 1. The van der Waals surface area contributed by atoms with Crippen molar-refractivity contribution in [2.24, 2.45) is 7.05 Å². The Morgan fingerprint density at radius 2 is 2.10 bits per heavy atom. The lowest BCUT2D eigenvalue weighted by Gasteiger charge is -2.26. The highest BCUT2D eigenvalue weighted by atomic mass is 16.7. The molecule has 2 aliphatic rings. The van der Waals surface area contributed by atoms with Gasteiger partial charge in [-0.05, 0) is 19.8 Å². The van der Waals surface area contributed by atoms with E-state index < -0.39 is 0 Å². The summed E-state index contributed by atoms with van der Waals surface area (Å²) in [5, 5.41) is 7.74. The molecule has 1 aliphatic heterocycles. The number of hydrogen-bond donors (Lipinski definition) is 1. The van der Waals surface area contributed by atoms with E-state index in [1.54, 1.807) is 0 Å². The normalized spacial score (nSPS) is 25.3. The van der Waals surface area contributed by atoms with Gasteiger partial charge >= 0.3 is 0 Å². The Morgan fingerprint density at radius 3 is 2.76 bits per heavy atom. The SMILES string of the molecule is Cc1c(CNC[C@@H]2COC3(CCCCCC3)O2)cnn1C. The van der Waals surface area contributed by atoms with Crippen LogP contribution >= 0.6 is 0 Å². The Kier molecular flexibility index (Phi) is 4.62. The molecule has 1 saturated carbocycles. The zero-order chi connectivity index (χ0) is 14.7. The number of aromatic nitrogens is 2. The van der Waals surface area contributed by atoms with Crippen molar-refractivity contribution < 1.29 is 9.47 Å². The highest BCUT2D eigenvalue weighted by Crippen LogP contribution is 2.36. The molecule has 0 unspecified atom stereocenters. The van der Waals surface area contributed by atoms with Crippen molar-refractivity contribution in [2.75, 3.05) is 13.2 Å². The lowest BCUT2D eigenvalue weighted by Crippen LogP contribution is -2.33. The van der Waals surface area contributed by atoms with Gasteiger partial charge in [-0.25, -0.2) is 0 Å². The van der Waals surface area contributed by atoms with Crippen molar-refractivity contribution >= 4 is 0 Å². The van der Waals surface area contributed by atoms with Gasteiger partial charge in [0.2, 0.25) is 0 Å². The summed E-state index contributed by atoms with van der Waals surface area (Å²) in [4.78, 5) is 0. The van der Waals surface area contributed by atoms with Crippen molar-refractivity contribution in [2.45, 2.75) is 63.9 Å². The van der Waals surface area contributed by atoms with Crippen LogP contribution in [0.4, 0.5) is 0 Å². The predicted octanol–water partition coefficient (Wildman–Crippen LogP) is 2.28. The van der Waals surface area contributed by atoms with Crippen molar-refractivity contribution in [1.82, 2.24) is 15.1 Å². The summed E-state index contributed by atoms with van der Waals surface area (Å²) < 4.78 is 14.2. The Bertz CT molecular complexity index is 464. The fraction of sp³-hybridized carbons (Fsp3) is 0.812. The van der Waals surface area contributed by atoms with E-state index in [0.717, 1.165) is 32.5 Å². The first-order valence-corrected chi connectivity index (χ1v) is 8.18. The molecule has 1 atom stereocenters. The first-order chi connectivity index (χ1) is 10.2. The molecule has 1 spiro atoms. The maximum atomic E-state index is 6.24. The van der Waals surface area contributed by atoms with Crippen LogP contribution in [0, 0.1) is 6.92 Å². The Hall–Kier alpha value is -0.910. The average molecular weight is 293 g/mol. The van der Waals surface area contributed by atoms with Gasteiger partial charge in [-0.2, -0.15) is 5.10 Å². The second-order valence-corrected chi connectivity index (χ2v) is 6.39. The maximum Gasteiger partial charge on any atom is 0.168 e. The fourth-order valence-electron chi connectivity index (χ4n) is 3.33. The third-order valence-corrected chi connectivity index (χ3v) is 4.80. The van der Waals surface area contributed by atoms with Crippen LogP contribution in [0.25, 0.3) is 0 Å². The summed E-state index contributed by atoms with van der Waals surface area (Å²) in [7, 11) is 1.97. The third kappa shape index (κ3) is 3.47. The van der Waals surface area contributed by atoms with E-state index in [1.807, 2.05) is 17.9 Å². The molecule has 2 heterocycles. The molecule has 1 aromatic heterocycles. The molecule has 5 nitrogen and oxygen atoms in total. The van der Waals surface area contributed by atoms with Gasteiger partial charge < -0.3 is 14.8 Å².